The summed E-state index contributed by atoms with van der Waals surface area (Å²) in [6.45, 7) is 2.56. The van der Waals surface area contributed by atoms with E-state index in [4.69, 9.17) is 16.3 Å². The van der Waals surface area contributed by atoms with Crippen molar-refractivity contribution in [3.05, 3.63) is 87.2 Å². The molecule has 0 unspecified atom stereocenters. The molecule has 0 saturated carbocycles. The van der Waals surface area contributed by atoms with E-state index in [1.807, 2.05) is 31.2 Å². The van der Waals surface area contributed by atoms with Crippen LogP contribution in [0.5, 0.6) is 5.75 Å². The molecule has 162 valence electrons. The van der Waals surface area contributed by atoms with E-state index >= 15 is 0 Å². The Labute approximate surface area is 192 Å². The van der Waals surface area contributed by atoms with Gasteiger partial charge in [0.25, 0.3) is 11.6 Å². The first-order valence-electron chi connectivity index (χ1n) is 9.64. The van der Waals surface area contributed by atoms with Crippen molar-refractivity contribution in [2.45, 2.75) is 13.5 Å². The third kappa shape index (κ3) is 4.53. The van der Waals surface area contributed by atoms with Gasteiger partial charge >= 0.3 is 0 Å². The molecule has 32 heavy (non-hydrogen) atoms. The highest BCUT2D eigenvalue weighted by Crippen LogP contribution is 2.34. The van der Waals surface area contributed by atoms with Crippen LogP contribution in [0, 0.1) is 10.1 Å². The number of carbonyl (C=O) groups is 1. The van der Waals surface area contributed by atoms with Crippen molar-refractivity contribution in [3.8, 4) is 5.75 Å². The number of nitro groups is 1. The van der Waals surface area contributed by atoms with Gasteiger partial charge in [0.1, 0.15) is 11.3 Å². The summed E-state index contributed by atoms with van der Waals surface area (Å²) in [5.74, 6) is 0.123. The van der Waals surface area contributed by atoms with E-state index in [1.54, 1.807) is 18.5 Å². The van der Waals surface area contributed by atoms with Gasteiger partial charge in [-0.1, -0.05) is 29.0 Å². The normalized spacial score (nSPS) is 10.8. The quantitative estimate of drug-likeness (QED) is 0.262. The smallest absolute Gasteiger partial charge is 0.282 e. The molecule has 0 N–H and O–H groups in total. The number of pyridine rings is 1. The lowest BCUT2D eigenvalue weighted by Gasteiger charge is -2.20. The minimum Gasteiger partial charge on any atom is -0.494 e. The molecule has 0 aliphatic rings. The Hall–Kier alpha value is -3.56. The topological polar surface area (TPSA) is 98.5 Å². The van der Waals surface area contributed by atoms with E-state index in [9.17, 15) is 14.9 Å². The minimum atomic E-state index is -0.599. The van der Waals surface area contributed by atoms with Crippen LogP contribution in [0.2, 0.25) is 5.02 Å². The third-order valence-corrected chi connectivity index (χ3v) is 5.86. The predicted octanol–water partition coefficient (Wildman–Crippen LogP) is 5.50. The van der Waals surface area contributed by atoms with Crippen LogP contribution in [0.15, 0.2) is 60.9 Å². The maximum absolute atomic E-state index is 13.6. The van der Waals surface area contributed by atoms with Crippen LogP contribution in [-0.4, -0.2) is 27.4 Å². The van der Waals surface area contributed by atoms with E-state index in [0.717, 1.165) is 10.3 Å². The Morgan fingerprint density at radius 3 is 2.81 bits per heavy atom. The van der Waals surface area contributed by atoms with Crippen molar-refractivity contribution < 1.29 is 14.5 Å². The number of nitrogens with zero attached hydrogens (tertiary/aromatic N) is 4. The van der Waals surface area contributed by atoms with Crippen LogP contribution in [0.25, 0.3) is 10.2 Å². The highest BCUT2D eigenvalue weighted by atomic mass is 35.5. The maximum atomic E-state index is 13.6. The fourth-order valence-electron chi connectivity index (χ4n) is 3.15. The van der Waals surface area contributed by atoms with Crippen LogP contribution in [0.1, 0.15) is 22.8 Å². The fourth-order valence-corrected chi connectivity index (χ4v) is 4.31. The lowest BCUT2D eigenvalue weighted by molar-refractivity contribution is -0.385. The summed E-state index contributed by atoms with van der Waals surface area (Å²) in [6.07, 6.45) is 3.26. The number of hydrogen-bond donors (Lipinski definition) is 0. The number of fused-ring (bicyclic) bond motifs is 1. The van der Waals surface area contributed by atoms with Crippen molar-refractivity contribution >= 4 is 49.9 Å². The van der Waals surface area contributed by atoms with E-state index < -0.39 is 10.8 Å². The maximum Gasteiger partial charge on any atom is 0.282 e. The Kier molecular flexibility index (Phi) is 6.29. The summed E-state index contributed by atoms with van der Waals surface area (Å²) in [7, 11) is 0. The van der Waals surface area contributed by atoms with Crippen molar-refractivity contribution in [2.75, 3.05) is 11.5 Å². The molecule has 2 aromatic carbocycles. The number of amides is 1. The van der Waals surface area contributed by atoms with Gasteiger partial charge in [-0.25, -0.2) is 4.98 Å². The zero-order valence-electron chi connectivity index (χ0n) is 16.9. The Balaban J connectivity index is 1.81. The van der Waals surface area contributed by atoms with Crippen LogP contribution in [-0.2, 0) is 6.54 Å². The lowest BCUT2D eigenvalue weighted by atomic mass is 10.1. The zero-order valence-corrected chi connectivity index (χ0v) is 18.5. The van der Waals surface area contributed by atoms with Crippen molar-refractivity contribution in [1.82, 2.24) is 9.97 Å². The first-order valence-corrected chi connectivity index (χ1v) is 10.8. The van der Waals surface area contributed by atoms with Gasteiger partial charge in [0, 0.05) is 23.5 Å². The molecular weight excluding hydrogens is 452 g/mol. The molecule has 1 amide bonds. The second-order valence-electron chi connectivity index (χ2n) is 6.73. The summed E-state index contributed by atoms with van der Waals surface area (Å²) in [4.78, 5) is 34.6. The molecule has 0 aliphatic heterocycles. The van der Waals surface area contributed by atoms with E-state index in [0.29, 0.717) is 23.0 Å². The van der Waals surface area contributed by atoms with E-state index in [1.165, 1.54) is 34.4 Å². The average molecular weight is 469 g/mol. The van der Waals surface area contributed by atoms with Gasteiger partial charge in [-0.2, -0.15) is 0 Å². The molecule has 0 spiro atoms. The second-order valence-corrected chi connectivity index (χ2v) is 8.18. The molecule has 0 bridgehead atoms. The highest BCUT2D eigenvalue weighted by Gasteiger charge is 2.28. The third-order valence-electron chi connectivity index (χ3n) is 4.58. The van der Waals surface area contributed by atoms with Gasteiger partial charge in [0.15, 0.2) is 5.13 Å². The SMILES string of the molecule is CCOc1ccc2nc(N(Cc3cccnc3)C(=O)c3cc(Cl)ccc3[N+](=O)[O-])sc2c1. The Morgan fingerprint density at radius 1 is 1.25 bits per heavy atom. The predicted molar refractivity (Wildman–Crippen MR) is 124 cm³/mol. The number of hydrogen-bond acceptors (Lipinski definition) is 7. The van der Waals surface area contributed by atoms with Gasteiger partial charge in [-0.05, 0) is 48.9 Å². The molecule has 0 radical (unpaired) electrons. The van der Waals surface area contributed by atoms with E-state index in [2.05, 4.69) is 9.97 Å². The Bertz CT molecular complexity index is 1300. The highest BCUT2D eigenvalue weighted by molar-refractivity contribution is 7.22. The summed E-state index contributed by atoms with van der Waals surface area (Å²) in [5, 5.41) is 12.2. The Morgan fingerprint density at radius 2 is 2.09 bits per heavy atom. The van der Waals surface area contributed by atoms with Crippen molar-refractivity contribution in [1.29, 1.82) is 0 Å². The monoisotopic (exact) mass is 468 g/mol. The molecule has 2 heterocycles. The molecule has 0 saturated heterocycles. The lowest BCUT2D eigenvalue weighted by Crippen LogP contribution is -2.31. The number of aromatic nitrogens is 2. The van der Waals surface area contributed by atoms with Crippen molar-refractivity contribution in [2.24, 2.45) is 0 Å². The largest absolute Gasteiger partial charge is 0.494 e. The number of ether oxygens (including phenoxy) is 1. The van der Waals surface area contributed by atoms with E-state index in [-0.39, 0.29) is 22.8 Å². The summed E-state index contributed by atoms with van der Waals surface area (Å²) >= 11 is 7.35. The number of rotatable bonds is 7. The number of nitro benzene ring substituents is 1. The van der Waals surface area contributed by atoms with Gasteiger partial charge in [0.2, 0.25) is 0 Å². The van der Waals surface area contributed by atoms with Crippen LogP contribution >= 0.6 is 22.9 Å². The average Bonchev–Trinajstić information content (AvgIpc) is 3.21. The first kappa shape index (κ1) is 21.7. The molecule has 0 atom stereocenters. The first-order chi connectivity index (χ1) is 15.5. The standard InChI is InChI=1S/C22H17ClN4O4S/c1-2-31-16-6-7-18-20(11-16)32-22(25-18)26(13-14-4-3-9-24-12-14)21(28)17-10-15(23)5-8-19(17)27(29)30/h3-12H,2,13H2,1H3. The molecule has 4 rings (SSSR count). The van der Waals surface area contributed by atoms with Gasteiger partial charge < -0.3 is 4.74 Å². The van der Waals surface area contributed by atoms with Crippen LogP contribution in [0.3, 0.4) is 0 Å². The van der Waals surface area contributed by atoms with Crippen LogP contribution < -0.4 is 9.64 Å². The zero-order chi connectivity index (χ0) is 22.7. The minimum absolute atomic E-state index is 0.111. The molecule has 10 heteroatoms. The van der Waals surface area contributed by atoms with Crippen LogP contribution in [0.4, 0.5) is 10.8 Å². The molecule has 0 fully saturated rings. The van der Waals surface area contributed by atoms with Gasteiger partial charge in [0.05, 0.1) is 28.3 Å². The molecule has 2 aromatic heterocycles. The number of anilines is 1. The van der Waals surface area contributed by atoms with Gasteiger partial charge in [-0.15, -0.1) is 0 Å². The number of carbonyl (C=O) groups excluding carboxylic acids is 1. The van der Waals surface area contributed by atoms with Crippen molar-refractivity contribution in [3.63, 3.8) is 0 Å². The number of thiazole rings is 1. The second kappa shape index (κ2) is 9.29. The van der Waals surface area contributed by atoms with Gasteiger partial charge in [-0.3, -0.25) is 24.8 Å². The number of halogens is 1. The summed E-state index contributed by atoms with van der Waals surface area (Å²) < 4.78 is 6.38. The molecule has 0 aliphatic carbocycles. The number of benzene rings is 2. The fraction of sp³-hybridized carbons (Fsp3) is 0.136. The molecule has 8 nitrogen and oxygen atoms in total. The molecular formula is C22H17ClN4O4S. The molecule has 4 aromatic rings. The summed E-state index contributed by atoms with van der Waals surface area (Å²) in [5.41, 5.74) is 1.01. The summed E-state index contributed by atoms with van der Waals surface area (Å²) in [6, 6.07) is 13.0.